The lowest BCUT2D eigenvalue weighted by Crippen LogP contribution is -2.08. The topological polar surface area (TPSA) is 21.8 Å². The number of rotatable bonds is 3. The second kappa shape index (κ2) is 3.89. The molecule has 2 atom stereocenters. The maximum Gasteiger partial charge on any atom is 0.111 e. The lowest BCUT2D eigenvalue weighted by Gasteiger charge is -2.15. The van der Waals surface area contributed by atoms with E-state index in [1.54, 1.807) is 7.11 Å². The van der Waals surface area contributed by atoms with Crippen molar-refractivity contribution in [3.8, 4) is 0 Å². The zero-order valence-electron chi connectivity index (χ0n) is 9.22. The molecule has 0 aliphatic carbocycles. The van der Waals surface area contributed by atoms with Gasteiger partial charge in [-0.15, -0.1) is 0 Å². The van der Waals surface area contributed by atoms with Crippen molar-refractivity contribution < 1.29 is 9.47 Å². The second-order valence-electron chi connectivity index (χ2n) is 4.10. The Morgan fingerprint density at radius 3 is 2.69 bits per heavy atom. The summed E-state index contributed by atoms with van der Waals surface area (Å²) >= 11 is 0. The highest BCUT2D eigenvalue weighted by Crippen LogP contribution is 2.34. The Morgan fingerprint density at radius 1 is 1.19 bits per heavy atom. The predicted molar refractivity (Wildman–Crippen MR) is 63.4 cm³/mol. The van der Waals surface area contributed by atoms with E-state index in [0.717, 1.165) is 6.61 Å². The van der Waals surface area contributed by atoms with Crippen molar-refractivity contribution in [3.05, 3.63) is 48.0 Å². The normalized spacial score (nSPS) is 20.9. The molecule has 1 saturated heterocycles. The van der Waals surface area contributed by atoms with Crippen molar-refractivity contribution in [1.29, 1.82) is 0 Å². The number of benzene rings is 2. The molecule has 1 fully saturated rings. The largest absolute Gasteiger partial charge is 0.374 e. The van der Waals surface area contributed by atoms with Crippen molar-refractivity contribution in [1.82, 2.24) is 0 Å². The number of methoxy groups -OCH3 is 1. The van der Waals surface area contributed by atoms with Crippen molar-refractivity contribution in [2.24, 2.45) is 0 Å². The van der Waals surface area contributed by atoms with E-state index in [-0.39, 0.29) is 12.2 Å². The van der Waals surface area contributed by atoms with Gasteiger partial charge in [0.25, 0.3) is 0 Å². The average molecular weight is 214 g/mol. The average Bonchev–Trinajstić information content (AvgIpc) is 3.15. The van der Waals surface area contributed by atoms with Crippen LogP contribution in [0.1, 0.15) is 11.7 Å². The van der Waals surface area contributed by atoms with Crippen LogP contribution in [0.2, 0.25) is 0 Å². The molecule has 2 aromatic carbocycles. The maximum atomic E-state index is 5.54. The lowest BCUT2D eigenvalue weighted by molar-refractivity contribution is 0.0772. The Balaban J connectivity index is 2.14. The molecule has 0 radical (unpaired) electrons. The van der Waals surface area contributed by atoms with Crippen molar-refractivity contribution in [2.45, 2.75) is 12.2 Å². The van der Waals surface area contributed by atoms with Gasteiger partial charge in [0, 0.05) is 7.11 Å². The highest BCUT2D eigenvalue weighted by molar-refractivity contribution is 5.86. The van der Waals surface area contributed by atoms with Crippen LogP contribution in [0.25, 0.3) is 10.8 Å². The van der Waals surface area contributed by atoms with E-state index in [2.05, 4.69) is 42.5 Å². The maximum absolute atomic E-state index is 5.54. The van der Waals surface area contributed by atoms with Crippen LogP contribution in [0.15, 0.2) is 42.5 Å². The number of fused-ring (bicyclic) bond motifs is 1. The summed E-state index contributed by atoms with van der Waals surface area (Å²) in [6.07, 6.45) is 0.293. The van der Waals surface area contributed by atoms with Crippen molar-refractivity contribution in [2.75, 3.05) is 13.7 Å². The molecule has 2 unspecified atom stereocenters. The minimum atomic E-state index is 0.0612. The van der Waals surface area contributed by atoms with Gasteiger partial charge >= 0.3 is 0 Å². The summed E-state index contributed by atoms with van der Waals surface area (Å²) in [5.74, 6) is 0. The third-order valence-corrected chi connectivity index (χ3v) is 3.08. The number of hydrogen-bond donors (Lipinski definition) is 0. The molecule has 0 bridgehead atoms. The molecule has 0 N–H and O–H groups in total. The third-order valence-electron chi connectivity index (χ3n) is 3.08. The van der Waals surface area contributed by atoms with E-state index in [1.807, 2.05) is 0 Å². The van der Waals surface area contributed by atoms with E-state index in [4.69, 9.17) is 9.47 Å². The Kier molecular flexibility index (Phi) is 2.39. The minimum Gasteiger partial charge on any atom is -0.374 e. The fourth-order valence-corrected chi connectivity index (χ4v) is 2.21. The summed E-state index contributed by atoms with van der Waals surface area (Å²) in [7, 11) is 1.74. The molecule has 2 heteroatoms. The van der Waals surface area contributed by atoms with E-state index in [9.17, 15) is 0 Å². The molecule has 1 heterocycles. The Labute approximate surface area is 94.8 Å². The van der Waals surface area contributed by atoms with Gasteiger partial charge in [0.1, 0.15) is 12.2 Å². The highest BCUT2D eigenvalue weighted by Gasteiger charge is 2.34. The molecule has 0 aromatic heterocycles. The molecule has 0 saturated carbocycles. The highest BCUT2D eigenvalue weighted by atomic mass is 16.6. The number of ether oxygens (including phenoxy) is 2. The van der Waals surface area contributed by atoms with Gasteiger partial charge in [-0.25, -0.2) is 0 Å². The van der Waals surface area contributed by atoms with Crippen molar-refractivity contribution in [3.63, 3.8) is 0 Å². The van der Waals surface area contributed by atoms with E-state index in [1.165, 1.54) is 16.3 Å². The summed E-state index contributed by atoms with van der Waals surface area (Å²) in [5, 5.41) is 2.51. The molecule has 0 amide bonds. The molecule has 2 aromatic rings. The molecule has 16 heavy (non-hydrogen) atoms. The third kappa shape index (κ3) is 1.60. The van der Waals surface area contributed by atoms with E-state index < -0.39 is 0 Å². The van der Waals surface area contributed by atoms with Gasteiger partial charge in [0.15, 0.2) is 0 Å². The van der Waals surface area contributed by atoms with Crippen LogP contribution >= 0.6 is 0 Å². The van der Waals surface area contributed by atoms with Gasteiger partial charge in [-0.2, -0.15) is 0 Å². The van der Waals surface area contributed by atoms with Gasteiger partial charge in [0.05, 0.1) is 6.61 Å². The molecule has 1 aliphatic heterocycles. The minimum absolute atomic E-state index is 0.0612. The molecule has 2 nitrogen and oxygen atoms in total. The van der Waals surface area contributed by atoms with Gasteiger partial charge in [-0.05, 0) is 16.3 Å². The first-order valence-electron chi connectivity index (χ1n) is 5.52. The quantitative estimate of drug-likeness (QED) is 0.733. The first kappa shape index (κ1) is 9.82. The zero-order chi connectivity index (χ0) is 11.0. The zero-order valence-corrected chi connectivity index (χ0v) is 9.22. The van der Waals surface area contributed by atoms with E-state index >= 15 is 0 Å². The van der Waals surface area contributed by atoms with Crippen LogP contribution in [0.3, 0.4) is 0 Å². The van der Waals surface area contributed by atoms with Crippen LogP contribution < -0.4 is 0 Å². The molecular formula is C14H14O2. The first-order valence-corrected chi connectivity index (χ1v) is 5.52. The fraction of sp³-hybridized carbons (Fsp3) is 0.286. The molecule has 0 spiro atoms. The SMILES string of the molecule is COC(c1cccc2ccccc12)C1CO1. The van der Waals surface area contributed by atoms with Gasteiger partial charge in [-0.3, -0.25) is 0 Å². The summed E-state index contributed by atoms with van der Waals surface area (Å²) < 4.78 is 10.9. The first-order chi connectivity index (χ1) is 7.90. The summed E-state index contributed by atoms with van der Waals surface area (Å²) in [4.78, 5) is 0. The molecule has 1 aliphatic rings. The van der Waals surface area contributed by atoms with Crippen LogP contribution in [-0.4, -0.2) is 19.8 Å². The van der Waals surface area contributed by atoms with Crippen LogP contribution in [0, 0.1) is 0 Å². The van der Waals surface area contributed by atoms with Crippen molar-refractivity contribution >= 4 is 10.8 Å². The van der Waals surface area contributed by atoms with Gasteiger partial charge in [0.2, 0.25) is 0 Å². The molecule has 82 valence electrons. The summed E-state index contributed by atoms with van der Waals surface area (Å²) in [6, 6.07) is 14.7. The standard InChI is InChI=1S/C14H14O2/c1-15-14(13-9-16-13)12-8-4-6-10-5-2-3-7-11(10)12/h2-8,13-14H,9H2,1H3. The van der Waals surface area contributed by atoms with Crippen LogP contribution in [0.5, 0.6) is 0 Å². The van der Waals surface area contributed by atoms with Crippen LogP contribution in [-0.2, 0) is 9.47 Å². The molecule has 3 rings (SSSR count). The summed E-state index contributed by atoms with van der Waals surface area (Å²) in [5.41, 5.74) is 1.23. The Hall–Kier alpha value is -1.38. The number of epoxide rings is 1. The second-order valence-corrected chi connectivity index (χ2v) is 4.10. The Morgan fingerprint density at radius 2 is 1.94 bits per heavy atom. The van der Waals surface area contributed by atoms with Gasteiger partial charge < -0.3 is 9.47 Å². The number of hydrogen-bond acceptors (Lipinski definition) is 2. The fourth-order valence-electron chi connectivity index (χ4n) is 2.21. The van der Waals surface area contributed by atoms with Gasteiger partial charge in [-0.1, -0.05) is 42.5 Å². The molecular weight excluding hydrogens is 200 g/mol. The van der Waals surface area contributed by atoms with Crippen LogP contribution in [0.4, 0.5) is 0 Å². The predicted octanol–water partition coefficient (Wildman–Crippen LogP) is 2.93. The van der Waals surface area contributed by atoms with E-state index in [0.29, 0.717) is 0 Å². The Bertz CT molecular complexity index is 498. The summed E-state index contributed by atoms with van der Waals surface area (Å²) in [6.45, 7) is 0.807. The monoisotopic (exact) mass is 214 g/mol. The smallest absolute Gasteiger partial charge is 0.111 e. The lowest BCUT2D eigenvalue weighted by atomic mass is 9.99.